The Morgan fingerprint density at radius 3 is 2.70 bits per heavy atom. The predicted octanol–water partition coefficient (Wildman–Crippen LogP) is 3.73. The molecule has 154 valence electrons. The van der Waals surface area contributed by atoms with Crippen LogP contribution in [0.5, 0.6) is 0 Å². The van der Waals surface area contributed by atoms with Gasteiger partial charge in [-0.25, -0.2) is 9.37 Å². The third-order valence-electron chi connectivity index (χ3n) is 5.37. The van der Waals surface area contributed by atoms with E-state index in [4.69, 9.17) is 16.6 Å². The first-order valence-electron chi connectivity index (χ1n) is 9.66. The van der Waals surface area contributed by atoms with Gasteiger partial charge in [0.1, 0.15) is 5.82 Å². The molecule has 0 bridgehead atoms. The lowest BCUT2D eigenvalue weighted by molar-refractivity contribution is 0.0906. The topological polar surface area (TPSA) is 68.1 Å². The molecule has 30 heavy (non-hydrogen) atoms. The Morgan fingerprint density at radius 1 is 1.20 bits per heavy atom. The van der Waals surface area contributed by atoms with Crippen molar-refractivity contribution < 1.29 is 9.18 Å². The number of piperidine rings is 1. The SMILES string of the molecule is Cn1c(N2CCCC(C(=O)c3ccc(F)c(Cl)c3)C2)nc(-c2ccncc2)cc1=O. The fourth-order valence-electron chi connectivity index (χ4n) is 3.74. The number of benzene rings is 1. The van der Waals surface area contributed by atoms with Crippen LogP contribution in [-0.4, -0.2) is 33.4 Å². The van der Waals surface area contributed by atoms with Crippen molar-refractivity contribution in [1.82, 2.24) is 14.5 Å². The summed E-state index contributed by atoms with van der Waals surface area (Å²) < 4.78 is 14.9. The molecular formula is C22H20ClFN4O2. The molecule has 1 aromatic carbocycles. The zero-order chi connectivity index (χ0) is 21.3. The predicted molar refractivity (Wildman–Crippen MR) is 113 cm³/mol. The normalized spacial score (nSPS) is 16.5. The Kier molecular flexibility index (Phi) is 5.63. The molecule has 1 aliphatic rings. The summed E-state index contributed by atoms with van der Waals surface area (Å²) in [6, 6.07) is 9.13. The molecular weight excluding hydrogens is 407 g/mol. The van der Waals surface area contributed by atoms with Crippen molar-refractivity contribution in [3.63, 3.8) is 0 Å². The van der Waals surface area contributed by atoms with E-state index < -0.39 is 5.82 Å². The van der Waals surface area contributed by atoms with Gasteiger partial charge in [-0.2, -0.15) is 0 Å². The van der Waals surface area contributed by atoms with E-state index in [9.17, 15) is 14.0 Å². The van der Waals surface area contributed by atoms with Gasteiger partial charge in [0.15, 0.2) is 5.78 Å². The highest BCUT2D eigenvalue weighted by Crippen LogP contribution is 2.27. The van der Waals surface area contributed by atoms with E-state index in [0.29, 0.717) is 36.7 Å². The highest BCUT2D eigenvalue weighted by molar-refractivity contribution is 6.31. The van der Waals surface area contributed by atoms with Crippen molar-refractivity contribution in [2.75, 3.05) is 18.0 Å². The second-order valence-corrected chi connectivity index (χ2v) is 7.76. The zero-order valence-corrected chi connectivity index (χ0v) is 17.1. The van der Waals surface area contributed by atoms with E-state index in [1.807, 2.05) is 4.90 Å². The van der Waals surface area contributed by atoms with Crippen molar-refractivity contribution in [3.8, 4) is 11.3 Å². The molecule has 2 aromatic heterocycles. The number of pyridine rings is 1. The average molecular weight is 427 g/mol. The highest BCUT2D eigenvalue weighted by Gasteiger charge is 2.29. The third-order valence-corrected chi connectivity index (χ3v) is 5.66. The third kappa shape index (κ3) is 3.98. The quantitative estimate of drug-likeness (QED) is 0.594. The fraction of sp³-hybridized carbons (Fsp3) is 0.273. The fourth-order valence-corrected chi connectivity index (χ4v) is 3.92. The van der Waals surface area contributed by atoms with Crippen LogP contribution in [0.1, 0.15) is 23.2 Å². The maximum atomic E-state index is 13.5. The summed E-state index contributed by atoms with van der Waals surface area (Å²) in [5.41, 5.74) is 1.58. The van der Waals surface area contributed by atoms with Crippen LogP contribution in [0.15, 0.2) is 53.6 Å². The van der Waals surface area contributed by atoms with Crippen LogP contribution in [0.25, 0.3) is 11.3 Å². The molecule has 1 fully saturated rings. The summed E-state index contributed by atoms with van der Waals surface area (Å²) in [4.78, 5) is 36.2. The Bertz CT molecular complexity index is 1150. The molecule has 1 saturated heterocycles. The van der Waals surface area contributed by atoms with Crippen molar-refractivity contribution >= 4 is 23.3 Å². The molecule has 0 radical (unpaired) electrons. The number of carbonyl (C=O) groups excluding carboxylic acids is 1. The lowest BCUT2D eigenvalue weighted by Gasteiger charge is -2.33. The summed E-state index contributed by atoms with van der Waals surface area (Å²) in [5.74, 6) is -0.409. The van der Waals surface area contributed by atoms with Crippen molar-refractivity contribution in [2.45, 2.75) is 12.8 Å². The van der Waals surface area contributed by atoms with E-state index in [1.54, 1.807) is 31.6 Å². The van der Waals surface area contributed by atoms with Crippen molar-refractivity contribution in [3.05, 3.63) is 75.5 Å². The largest absolute Gasteiger partial charge is 0.341 e. The molecule has 4 rings (SSSR count). The number of nitrogens with zero attached hydrogens (tertiary/aromatic N) is 4. The molecule has 0 aliphatic carbocycles. The van der Waals surface area contributed by atoms with Gasteiger partial charge in [-0.3, -0.25) is 19.1 Å². The minimum absolute atomic E-state index is 0.0670. The van der Waals surface area contributed by atoms with Gasteiger partial charge in [-0.15, -0.1) is 0 Å². The summed E-state index contributed by atoms with van der Waals surface area (Å²) in [5, 5.41) is -0.0670. The first-order chi connectivity index (χ1) is 14.4. The van der Waals surface area contributed by atoms with Crippen molar-refractivity contribution in [2.24, 2.45) is 13.0 Å². The molecule has 0 N–H and O–H groups in total. The molecule has 0 amide bonds. The van der Waals surface area contributed by atoms with Gasteiger partial charge in [0.05, 0.1) is 10.7 Å². The monoisotopic (exact) mass is 426 g/mol. The summed E-state index contributed by atoms with van der Waals surface area (Å²) >= 11 is 5.85. The minimum Gasteiger partial charge on any atom is -0.341 e. The van der Waals surface area contributed by atoms with Gasteiger partial charge in [-0.05, 0) is 43.2 Å². The Balaban J connectivity index is 1.63. The molecule has 1 aliphatic heterocycles. The summed E-state index contributed by atoms with van der Waals surface area (Å²) in [6.07, 6.45) is 4.79. The van der Waals surface area contributed by atoms with Crippen LogP contribution in [-0.2, 0) is 7.05 Å². The van der Waals surface area contributed by atoms with Crippen LogP contribution in [0.3, 0.4) is 0 Å². The highest BCUT2D eigenvalue weighted by atomic mass is 35.5. The molecule has 6 nitrogen and oxygen atoms in total. The minimum atomic E-state index is -0.550. The number of ketones is 1. The summed E-state index contributed by atoms with van der Waals surface area (Å²) in [6.45, 7) is 1.11. The standard InChI is InChI=1S/C22H20ClFN4O2/c1-27-20(29)12-19(14-6-8-25-9-7-14)26-22(27)28-10-2-3-16(13-28)21(30)15-4-5-18(24)17(23)11-15/h4-9,11-12,16H,2-3,10,13H2,1H3. The lowest BCUT2D eigenvalue weighted by Crippen LogP contribution is -2.41. The van der Waals surface area contributed by atoms with Crippen molar-refractivity contribution in [1.29, 1.82) is 0 Å². The molecule has 0 saturated carbocycles. The Hall–Kier alpha value is -3.06. The second-order valence-electron chi connectivity index (χ2n) is 7.35. The van der Waals surface area contributed by atoms with Gasteiger partial charge in [0, 0.05) is 55.6 Å². The number of rotatable bonds is 4. The van der Waals surface area contributed by atoms with Gasteiger partial charge < -0.3 is 4.90 Å². The van der Waals surface area contributed by atoms with Crippen LogP contribution < -0.4 is 10.5 Å². The number of hydrogen-bond acceptors (Lipinski definition) is 5. The van der Waals surface area contributed by atoms with Crippen LogP contribution >= 0.6 is 11.6 Å². The van der Waals surface area contributed by atoms with Gasteiger partial charge >= 0.3 is 0 Å². The van der Waals surface area contributed by atoms with E-state index in [-0.39, 0.29) is 22.3 Å². The Morgan fingerprint density at radius 2 is 1.97 bits per heavy atom. The maximum absolute atomic E-state index is 13.5. The number of anilines is 1. The van der Waals surface area contributed by atoms with E-state index in [2.05, 4.69) is 4.98 Å². The van der Waals surface area contributed by atoms with E-state index in [1.165, 1.54) is 28.8 Å². The van der Waals surface area contributed by atoms with Gasteiger partial charge in [0.25, 0.3) is 5.56 Å². The Labute approximate surface area is 178 Å². The smallest absolute Gasteiger partial charge is 0.255 e. The molecule has 0 spiro atoms. The van der Waals surface area contributed by atoms with Crippen LogP contribution in [0, 0.1) is 11.7 Å². The first kappa shape index (κ1) is 20.2. The van der Waals surface area contributed by atoms with Crippen LogP contribution in [0.2, 0.25) is 5.02 Å². The maximum Gasteiger partial charge on any atom is 0.255 e. The number of hydrogen-bond donors (Lipinski definition) is 0. The van der Waals surface area contributed by atoms with E-state index >= 15 is 0 Å². The molecule has 8 heteroatoms. The number of halogens is 2. The van der Waals surface area contributed by atoms with Gasteiger partial charge in [-0.1, -0.05) is 11.6 Å². The van der Waals surface area contributed by atoms with E-state index in [0.717, 1.165) is 12.0 Å². The lowest BCUT2D eigenvalue weighted by atomic mass is 9.90. The van der Waals surface area contributed by atoms with Gasteiger partial charge in [0.2, 0.25) is 5.95 Å². The molecule has 3 aromatic rings. The number of Topliss-reactive ketones (excluding diaryl/α,β-unsaturated/α-hetero) is 1. The first-order valence-corrected chi connectivity index (χ1v) is 10.0. The number of carbonyl (C=O) groups is 1. The zero-order valence-electron chi connectivity index (χ0n) is 16.4. The molecule has 1 atom stereocenters. The average Bonchev–Trinajstić information content (AvgIpc) is 2.77. The molecule has 3 heterocycles. The number of aromatic nitrogens is 3. The summed E-state index contributed by atoms with van der Waals surface area (Å²) in [7, 11) is 1.67. The second kappa shape index (κ2) is 8.36. The van der Waals surface area contributed by atoms with Crippen LogP contribution in [0.4, 0.5) is 10.3 Å². The molecule has 1 unspecified atom stereocenters.